The molecule has 2 heterocycles. The lowest BCUT2D eigenvalue weighted by Gasteiger charge is -2.34. The molecule has 0 radical (unpaired) electrons. The molecule has 4 rings (SSSR count). The molecule has 0 atom stereocenters. The van der Waals surface area contributed by atoms with E-state index >= 15 is 0 Å². The van der Waals surface area contributed by atoms with Crippen LogP contribution in [0.5, 0.6) is 11.5 Å². The Morgan fingerprint density at radius 2 is 1.66 bits per heavy atom. The first-order valence-electron chi connectivity index (χ1n) is 10.9. The third-order valence-corrected chi connectivity index (χ3v) is 5.75. The average Bonchev–Trinajstić information content (AvgIpc) is 2.82. The minimum absolute atomic E-state index is 0.00576. The molecule has 2 aromatic rings. The fourth-order valence-corrected chi connectivity index (χ4v) is 4.02. The normalized spacial score (nSPS) is 16.5. The summed E-state index contributed by atoms with van der Waals surface area (Å²) in [6, 6.07) is 13.1. The summed E-state index contributed by atoms with van der Waals surface area (Å²) in [5.74, 6) is 0.188. The molecule has 1 N–H and O–H groups in total. The molecule has 1 amide bonds. The maximum absolute atomic E-state index is 12.6. The number of ether oxygens (including phenoxy) is 2. The number of nitro benzene ring substituents is 1. The SMILES string of the molecule is O=C(NCCCN1CCN(Cc2ccccc2)CC1)c1cc2c(cc1[N+](=O)[O-])OCCO2. The largest absolute Gasteiger partial charge is 0.486 e. The lowest BCUT2D eigenvalue weighted by molar-refractivity contribution is -0.385. The minimum atomic E-state index is -0.567. The number of nitrogens with one attached hydrogen (secondary N) is 1. The molecule has 9 nitrogen and oxygen atoms in total. The van der Waals surface area contributed by atoms with Gasteiger partial charge in [0.1, 0.15) is 18.8 Å². The Balaban J connectivity index is 1.22. The van der Waals surface area contributed by atoms with Crippen LogP contribution in [0, 0.1) is 10.1 Å². The first-order chi connectivity index (χ1) is 15.6. The van der Waals surface area contributed by atoms with Crippen molar-refractivity contribution in [2.45, 2.75) is 13.0 Å². The Hall–Kier alpha value is -3.17. The highest BCUT2D eigenvalue weighted by Crippen LogP contribution is 2.36. The lowest BCUT2D eigenvalue weighted by atomic mass is 10.1. The fourth-order valence-electron chi connectivity index (χ4n) is 4.02. The zero-order valence-electron chi connectivity index (χ0n) is 18.0. The van der Waals surface area contributed by atoms with Gasteiger partial charge in [-0.25, -0.2) is 0 Å². The topological polar surface area (TPSA) is 97.2 Å². The van der Waals surface area contributed by atoms with Gasteiger partial charge in [-0.15, -0.1) is 0 Å². The third-order valence-electron chi connectivity index (χ3n) is 5.75. The predicted octanol–water partition coefficient (Wildman–Crippen LogP) is 2.30. The smallest absolute Gasteiger partial charge is 0.286 e. The quantitative estimate of drug-likeness (QED) is 0.382. The van der Waals surface area contributed by atoms with Crippen molar-refractivity contribution in [3.05, 3.63) is 63.7 Å². The number of nitrogens with zero attached hydrogens (tertiary/aromatic N) is 3. The molecule has 0 aromatic heterocycles. The Morgan fingerprint density at radius 3 is 2.34 bits per heavy atom. The number of nitro groups is 1. The zero-order valence-corrected chi connectivity index (χ0v) is 18.0. The van der Waals surface area contributed by atoms with Crippen LogP contribution in [0.2, 0.25) is 0 Å². The minimum Gasteiger partial charge on any atom is -0.486 e. The Bertz CT molecular complexity index is 945. The first kappa shape index (κ1) is 22.0. The summed E-state index contributed by atoms with van der Waals surface area (Å²) in [6.07, 6.45) is 0.781. The molecule has 32 heavy (non-hydrogen) atoms. The summed E-state index contributed by atoms with van der Waals surface area (Å²) >= 11 is 0. The standard InChI is InChI=1S/C23H28N4O5/c28-23(19-15-21-22(32-14-13-31-21)16-20(19)27(29)30)24-7-4-8-25-9-11-26(12-10-25)17-18-5-2-1-3-6-18/h1-3,5-6,15-16H,4,7-14,17H2,(H,24,28). The second-order valence-electron chi connectivity index (χ2n) is 7.98. The van der Waals surface area contributed by atoms with Crippen LogP contribution in [0.15, 0.2) is 42.5 Å². The van der Waals surface area contributed by atoms with Crippen molar-refractivity contribution in [3.63, 3.8) is 0 Å². The highest BCUT2D eigenvalue weighted by Gasteiger charge is 2.26. The summed E-state index contributed by atoms with van der Waals surface area (Å²) in [5, 5.41) is 14.2. The molecule has 0 unspecified atom stereocenters. The van der Waals surface area contributed by atoms with Crippen molar-refractivity contribution in [1.29, 1.82) is 0 Å². The van der Waals surface area contributed by atoms with Crippen LogP contribution in [0.3, 0.4) is 0 Å². The van der Waals surface area contributed by atoms with Gasteiger partial charge in [0.25, 0.3) is 11.6 Å². The van der Waals surface area contributed by atoms with E-state index in [0.29, 0.717) is 31.3 Å². The summed E-state index contributed by atoms with van der Waals surface area (Å²) in [7, 11) is 0. The summed E-state index contributed by atoms with van der Waals surface area (Å²) in [5.41, 5.74) is 1.05. The van der Waals surface area contributed by atoms with E-state index in [0.717, 1.165) is 45.7 Å². The predicted molar refractivity (Wildman–Crippen MR) is 119 cm³/mol. The highest BCUT2D eigenvalue weighted by atomic mass is 16.6. The van der Waals surface area contributed by atoms with Crippen molar-refractivity contribution in [2.24, 2.45) is 0 Å². The fraction of sp³-hybridized carbons (Fsp3) is 0.435. The van der Waals surface area contributed by atoms with Gasteiger partial charge in [-0.3, -0.25) is 19.8 Å². The molecule has 2 aliphatic heterocycles. The van der Waals surface area contributed by atoms with Gasteiger partial charge in [0.15, 0.2) is 11.5 Å². The third kappa shape index (κ3) is 5.54. The Kier molecular flexibility index (Phi) is 7.18. The second-order valence-corrected chi connectivity index (χ2v) is 7.98. The summed E-state index contributed by atoms with van der Waals surface area (Å²) in [4.78, 5) is 28.3. The van der Waals surface area contributed by atoms with E-state index < -0.39 is 10.8 Å². The Labute approximate surface area is 187 Å². The summed E-state index contributed by atoms with van der Waals surface area (Å²) < 4.78 is 10.8. The van der Waals surface area contributed by atoms with Crippen LogP contribution in [-0.2, 0) is 6.54 Å². The van der Waals surface area contributed by atoms with Gasteiger partial charge in [0.2, 0.25) is 0 Å². The maximum atomic E-state index is 12.6. The molecule has 0 spiro atoms. The molecule has 9 heteroatoms. The monoisotopic (exact) mass is 440 g/mol. The zero-order chi connectivity index (χ0) is 22.3. The number of benzene rings is 2. The summed E-state index contributed by atoms with van der Waals surface area (Å²) in [6.45, 7) is 7.01. The van der Waals surface area contributed by atoms with Crippen LogP contribution in [0.4, 0.5) is 5.69 Å². The van der Waals surface area contributed by atoms with Crippen LogP contribution < -0.4 is 14.8 Å². The van der Waals surface area contributed by atoms with Crippen LogP contribution in [-0.4, -0.2) is 73.1 Å². The van der Waals surface area contributed by atoms with E-state index in [9.17, 15) is 14.9 Å². The number of amides is 1. The number of carbonyl (C=O) groups excluding carboxylic acids is 1. The Morgan fingerprint density at radius 1 is 1.00 bits per heavy atom. The molecule has 2 aromatic carbocycles. The van der Waals surface area contributed by atoms with Crippen LogP contribution in [0.25, 0.3) is 0 Å². The average molecular weight is 441 g/mol. The molecule has 0 saturated carbocycles. The van der Waals surface area contributed by atoms with Gasteiger partial charge in [0, 0.05) is 45.3 Å². The number of hydrogen-bond donors (Lipinski definition) is 1. The number of rotatable bonds is 8. The van der Waals surface area contributed by atoms with Crippen molar-refractivity contribution in [3.8, 4) is 11.5 Å². The lowest BCUT2D eigenvalue weighted by Crippen LogP contribution is -2.46. The molecular formula is C23H28N4O5. The van der Waals surface area contributed by atoms with Gasteiger partial charge in [-0.2, -0.15) is 0 Å². The molecule has 170 valence electrons. The first-order valence-corrected chi connectivity index (χ1v) is 10.9. The molecule has 2 aliphatic rings. The highest BCUT2D eigenvalue weighted by molar-refractivity contribution is 5.99. The van der Waals surface area contributed by atoms with Crippen molar-refractivity contribution >= 4 is 11.6 Å². The number of fused-ring (bicyclic) bond motifs is 1. The van der Waals surface area contributed by atoms with Crippen molar-refractivity contribution in [1.82, 2.24) is 15.1 Å². The molecule has 0 bridgehead atoms. The number of carbonyl (C=O) groups is 1. The van der Waals surface area contributed by atoms with E-state index in [2.05, 4.69) is 39.4 Å². The van der Waals surface area contributed by atoms with E-state index in [1.54, 1.807) is 0 Å². The van der Waals surface area contributed by atoms with Crippen LogP contribution >= 0.6 is 0 Å². The van der Waals surface area contributed by atoms with Crippen molar-refractivity contribution < 1.29 is 19.2 Å². The number of hydrogen-bond acceptors (Lipinski definition) is 7. The van der Waals surface area contributed by atoms with Gasteiger partial charge in [-0.1, -0.05) is 30.3 Å². The van der Waals surface area contributed by atoms with Crippen molar-refractivity contribution in [2.75, 3.05) is 52.5 Å². The molecule has 1 saturated heterocycles. The second kappa shape index (κ2) is 10.4. The number of piperazine rings is 1. The van der Waals surface area contributed by atoms with E-state index in [4.69, 9.17) is 9.47 Å². The van der Waals surface area contributed by atoms with Crippen LogP contribution in [0.1, 0.15) is 22.3 Å². The van der Waals surface area contributed by atoms with E-state index in [1.807, 2.05) is 6.07 Å². The molecule has 0 aliphatic carbocycles. The van der Waals surface area contributed by atoms with Gasteiger partial charge >= 0.3 is 0 Å². The molecule has 1 fully saturated rings. The van der Waals surface area contributed by atoms with Gasteiger partial charge < -0.3 is 19.7 Å². The van der Waals surface area contributed by atoms with E-state index in [-0.39, 0.29) is 11.3 Å². The van der Waals surface area contributed by atoms with E-state index in [1.165, 1.54) is 17.7 Å². The maximum Gasteiger partial charge on any atom is 0.286 e. The van der Waals surface area contributed by atoms with Gasteiger partial charge in [-0.05, 0) is 18.5 Å². The molecular weight excluding hydrogens is 412 g/mol. The van der Waals surface area contributed by atoms with Gasteiger partial charge in [0.05, 0.1) is 11.0 Å².